The molecule has 0 aromatic rings. The summed E-state index contributed by atoms with van der Waals surface area (Å²) in [7, 11) is 0. The van der Waals surface area contributed by atoms with E-state index in [1.807, 2.05) is 0 Å². The van der Waals surface area contributed by atoms with Crippen LogP contribution in [0.3, 0.4) is 0 Å². The van der Waals surface area contributed by atoms with Crippen LogP contribution in [0.4, 0.5) is 0 Å². The van der Waals surface area contributed by atoms with Crippen molar-refractivity contribution in [3.8, 4) is 0 Å². The normalized spacial score (nSPS) is 12.4. The van der Waals surface area contributed by atoms with E-state index in [1.54, 1.807) is 0 Å². The van der Waals surface area contributed by atoms with Crippen LogP contribution >= 0.6 is 0 Å². The number of allylic oxidation sites excluding steroid dienone is 8. The van der Waals surface area contributed by atoms with Gasteiger partial charge in [0.15, 0.2) is 6.10 Å². The number of rotatable bonds is 49. The van der Waals surface area contributed by atoms with Crippen LogP contribution in [0, 0.1) is 0 Å². The standard InChI is InChI=1S/C57H102O6/c1-4-7-10-13-16-18-20-22-24-25-26-27-28-29-30-31-32-33-34-36-37-39-41-44-47-50-56(59)62-53-54(52-61-55(58)49-46-43-15-12-9-6-3)63-57(60)51-48-45-42-40-38-35-23-21-19-17-14-11-8-5-2/h14,17,20-23,25-26,54H,4-13,15-16,18-19,24,27-53H2,1-3H3/b17-14-,22-20-,23-21-,26-25-. The smallest absolute Gasteiger partial charge is 0.306 e. The minimum absolute atomic E-state index is 0.0777. The van der Waals surface area contributed by atoms with Gasteiger partial charge in [0.2, 0.25) is 0 Å². The first kappa shape index (κ1) is 60.4. The molecule has 0 aromatic carbocycles. The van der Waals surface area contributed by atoms with E-state index in [1.165, 1.54) is 148 Å². The number of ether oxygens (including phenoxy) is 3. The molecule has 0 N–H and O–H groups in total. The Morgan fingerprint density at radius 2 is 0.587 bits per heavy atom. The second-order valence-electron chi connectivity index (χ2n) is 18.1. The van der Waals surface area contributed by atoms with Crippen molar-refractivity contribution in [1.82, 2.24) is 0 Å². The average Bonchev–Trinajstić information content (AvgIpc) is 3.28. The molecule has 0 aliphatic rings. The molecule has 6 heteroatoms. The van der Waals surface area contributed by atoms with E-state index in [9.17, 15) is 14.4 Å². The van der Waals surface area contributed by atoms with Crippen molar-refractivity contribution in [3.05, 3.63) is 48.6 Å². The van der Waals surface area contributed by atoms with Gasteiger partial charge in [0.1, 0.15) is 13.2 Å². The Kier molecular flexibility index (Phi) is 49.8. The van der Waals surface area contributed by atoms with Crippen molar-refractivity contribution >= 4 is 17.9 Å². The molecule has 0 saturated carbocycles. The Hall–Kier alpha value is -2.63. The molecule has 0 aromatic heterocycles. The van der Waals surface area contributed by atoms with Crippen molar-refractivity contribution in [2.75, 3.05) is 13.2 Å². The maximum absolute atomic E-state index is 12.7. The highest BCUT2D eigenvalue weighted by molar-refractivity contribution is 5.71. The molecule has 0 amide bonds. The van der Waals surface area contributed by atoms with Crippen LogP contribution in [-0.4, -0.2) is 37.2 Å². The van der Waals surface area contributed by atoms with E-state index in [-0.39, 0.29) is 31.1 Å². The molecule has 0 saturated heterocycles. The van der Waals surface area contributed by atoms with Gasteiger partial charge in [0.05, 0.1) is 0 Å². The molecule has 6 nitrogen and oxygen atoms in total. The molecule has 0 aliphatic carbocycles. The number of carbonyl (C=O) groups is 3. The van der Waals surface area contributed by atoms with Crippen LogP contribution in [0.1, 0.15) is 278 Å². The zero-order chi connectivity index (χ0) is 45.8. The summed E-state index contributed by atoms with van der Waals surface area (Å²) in [6.45, 7) is 6.53. The summed E-state index contributed by atoms with van der Waals surface area (Å²) in [5.41, 5.74) is 0. The monoisotopic (exact) mass is 883 g/mol. The molecule has 63 heavy (non-hydrogen) atoms. The predicted molar refractivity (Wildman–Crippen MR) is 270 cm³/mol. The molecule has 366 valence electrons. The van der Waals surface area contributed by atoms with Crippen molar-refractivity contribution in [2.45, 2.75) is 284 Å². The van der Waals surface area contributed by atoms with Gasteiger partial charge in [0, 0.05) is 19.3 Å². The van der Waals surface area contributed by atoms with Crippen molar-refractivity contribution in [2.24, 2.45) is 0 Å². The maximum atomic E-state index is 12.7. The number of carbonyl (C=O) groups excluding carboxylic acids is 3. The summed E-state index contributed by atoms with van der Waals surface area (Å²) in [6, 6.07) is 0. The summed E-state index contributed by atoms with van der Waals surface area (Å²) in [6.07, 6.45) is 62.7. The highest BCUT2D eigenvalue weighted by Crippen LogP contribution is 2.15. The second-order valence-corrected chi connectivity index (χ2v) is 18.1. The SMILES string of the molecule is CCCC/C=C\C/C=C\CCCCCCCC(=O)OC(COC(=O)CCCCCCCC)COC(=O)CCCCCCCCCCCCCCC/C=C\C/C=C\CCCCCCC. The zero-order valence-corrected chi connectivity index (χ0v) is 41.8. The lowest BCUT2D eigenvalue weighted by Crippen LogP contribution is -2.30. The minimum atomic E-state index is -0.775. The molecule has 0 heterocycles. The van der Waals surface area contributed by atoms with E-state index < -0.39 is 6.10 Å². The van der Waals surface area contributed by atoms with Gasteiger partial charge in [-0.3, -0.25) is 14.4 Å². The van der Waals surface area contributed by atoms with Crippen LogP contribution in [0.25, 0.3) is 0 Å². The Morgan fingerprint density at radius 3 is 0.921 bits per heavy atom. The largest absolute Gasteiger partial charge is 0.462 e. The Bertz CT molecular complexity index is 1110. The Morgan fingerprint density at radius 1 is 0.317 bits per heavy atom. The van der Waals surface area contributed by atoms with E-state index in [4.69, 9.17) is 14.2 Å². The topological polar surface area (TPSA) is 78.9 Å². The van der Waals surface area contributed by atoms with Crippen LogP contribution in [-0.2, 0) is 28.6 Å². The van der Waals surface area contributed by atoms with Gasteiger partial charge < -0.3 is 14.2 Å². The molecule has 0 spiro atoms. The maximum Gasteiger partial charge on any atom is 0.306 e. The average molecular weight is 883 g/mol. The van der Waals surface area contributed by atoms with Gasteiger partial charge >= 0.3 is 17.9 Å². The van der Waals surface area contributed by atoms with Gasteiger partial charge in [-0.05, 0) is 77.0 Å². The second kappa shape index (κ2) is 52.0. The third kappa shape index (κ3) is 50.2. The summed E-state index contributed by atoms with van der Waals surface area (Å²) >= 11 is 0. The van der Waals surface area contributed by atoms with E-state index in [0.29, 0.717) is 19.3 Å². The number of hydrogen-bond acceptors (Lipinski definition) is 6. The first-order valence-electron chi connectivity index (χ1n) is 27.1. The van der Waals surface area contributed by atoms with Crippen molar-refractivity contribution < 1.29 is 28.6 Å². The highest BCUT2D eigenvalue weighted by Gasteiger charge is 2.19. The number of hydrogen-bond donors (Lipinski definition) is 0. The first-order valence-corrected chi connectivity index (χ1v) is 27.1. The zero-order valence-electron chi connectivity index (χ0n) is 41.8. The molecular weight excluding hydrogens is 781 g/mol. The molecule has 0 bridgehead atoms. The molecule has 1 atom stereocenters. The van der Waals surface area contributed by atoms with Gasteiger partial charge in [0.25, 0.3) is 0 Å². The third-order valence-electron chi connectivity index (χ3n) is 11.8. The molecule has 0 radical (unpaired) electrons. The lowest BCUT2D eigenvalue weighted by Gasteiger charge is -2.18. The minimum Gasteiger partial charge on any atom is -0.462 e. The van der Waals surface area contributed by atoms with E-state index >= 15 is 0 Å². The predicted octanol–water partition coefficient (Wildman–Crippen LogP) is 17.9. The summed E-state index contributed by atoms with van der Waals surface area (Å²) in [4.78, 5) is 37.7. The summed E-state index contributed by atoms with van der Waals surface area (Å²) in [5.74, 6) is -0.895. The third-order valence-corrected chi connectivity index (χ3v) is 11.8. The Balaban J connectivity index is 4.10. The van der Waals surface area contributed by atoms with Gasteiger partial charge in [-0.1, -0.05) is 230 Å². The molecule has 0 aliphatic heterocycles. The quantitative estimate of drug-likeness (QED) is 0.0262. The first-order chi connectivity index (χ1) is 31.0. The van der Waals surface area contributed by atoms with Gasteiger partial charge in [-0.2, -0.15) is 0 Å². The molecule has 1 unspecified atom stereocenters. The van der Waals surface area contributed by atoms with Crippen molar-refractivity contribution in [3.63, 3.8) is 0 Å². The van der Waals surface area contributed by atoms with Crippen LogP contribution in [0.2, 0.25) is 0 Å². The number of unbranched alkanes of at least 4 members (excludes halogenated alkanes) is 30. The molecule has 0 rings (SSSR count). The lowest BCUT2D eigenvalue weighted by atomic mass is 10.0. The summed E-state index contributed by atoms with van der Waals surface area (Å²) in [5, 5.41) is 0. The fraction of sp³-hybridized carbons (Fsp3) is 0.807. The number of esters is 3. The fourth-order valence-corrected chi connectivity index (χ4v) is 7.67. The van der Waals surface area contributed by atoms with Gasteiger partial charge in [-0.25, -0.2) is 0 Å². The summed E-state index contributed by atoms with van der Waals surface area (Å²) < 4.78 is 16.7. The highest BCUT2D eigenvalue weighted by atomic mass is 16.6. The Labute approximate surface area is 390 Å². The lowest BCUT2D eigenvalue weighted by molar-refractivity contribution is -0.167. The van der Waals surface area contributed by atoms with E-state index in [2.05, 4.69) is 69.4 Å². The van der Waals surface area contributed by atoms with Crippen LogP contribution < -0.4 is 0 Å². The van der Waals surface area contributed by atoms with Crippen molar-refractivity contribution in [1.29, 1.82) is 0 Å². The van der Waals surface area contributed by atoms with Gasteiger partial charge in [-0.15, -0.1) is 0 Å². The molecule has 0 fully saturated rings. The van der Waals surface area contributed by atoms with E-state index in [0.717, 1.165) is 89.9 Å². The molecular formula is C57H102O6. The van der Waals surface area contributed by atoms with Crippen LogP contribution in [0.5, 0.6) is 0 Å². The fourth-order valence-electron chi connectivity index (χ4n) is 7.67. The van der Waals surface area contributed by atoms with Crippen LogP contribution in [0.15, 0.2) is 48.6 Å².